The SMILES string of the molecule is Cc1cccc(-c2c(-c3ccc4ncnn4c3)n(C)n(C)c2=O)c1. The van der Waals surface area contributed by atoms with Crippen LogP contribution in [-0.4, -0.2) is 24.0 Å². The minimum absolute atomic E-state index is 0.0169. The molecule has 24 heavy (non-hydrogen) atoms. The van der Waals surface area contributed by atoms with Crippen molar-refractivity contribution in [2.75, 3.05) is 0 Å². The fourth-order valence-corrected chi connectivity index (χ4v) is 3.06. The molecule has 0 spiro atoms. The Labute approximate surface area is 138 Å². The van der Waals surface area contributed by atoms with Gasteiger partial charge in [-0.05, 0) is 24.6 Å². The molecule has 0 saturated heterocycles. The Kier molecular flexibility index (Phi) is 3.13. The van der Waals surface area contributed by atoms with Crippen molar-refractivity contribution >= 4 is 5.65 Å². The number of aromatic nitrogens is 5. The summed E-state index contributed by atoms with van der Waals surface area (Å²) in [6.45, 7) is 2.03. The number of pyridine rings is 1. The highest BCUT2D eigenvalue weighted by atomic mass is 16.1. The molecule has 0 radical (unpaired) electrons. The van der Waals surface area contributed by atoms with E-state index in [4.69, 9.17) is 0 Å². The van der Waals surface area contributed by atoms with Crippen LogP contribution in [0.2, 0.25) is 0 Å². The summed E-state index contributed by atoms with van der Waals surface area (Å²) in [4.78, 5) is 17.0. The van der Waals surface area contributed by atoms with E-state index in [1.165, 1.54) is 6.33 Å². The second kappa shape index (κ2) is 5.19. The third-order valence-corrected chi connectivity index (χ3v) is 4.37. The fraction of sp³-hybridized carbons (Fsp3) is 0.167. The summed E-state index contributed by atoms with van der Waals surface area (Å²) in [7, 11) is 3.67. The molecule has 0 saturated carbocycles. The Morgan fingerprint density at radius 1 is 1.00 bits per heavy atom. The Morgan fingerprint density at radius 3 is 2.62 bits per heavy atom. The molecular formula is C18H17N5O. The van der Waals surface area contributed by atoms with Crippen LogP contribution < -0.4 is 5.56 Å². The Balaban J connectivity index is 2.04. The van der Waals surface area contributed by atoms with Crippen molar-refractivity contribution in [2.45, 2.75) is 6.92 Å². The van der Waals surface area contributed by atoms with Gasteiger partial charge in [-0.2, -0.15) is 5.10 Å². The first-order valence-electron chi connectivity index (χ1n) is 7.69. The monoisotopic (exact) mass is 319 g/mol. The highest BCUT2D eigenvalue weighted by Gasteiger charge is 2.19. The van der Waals surface area contributed by atoms with Crippen LogP contribution in [0.15, 0.2) is 53.7 Å². The third kappa shape index (κ3) is 2.07. The molecule has 0 unspecified atom stereocenters. The van der Waals surface area contributed by atoms with Gasteiger partial charge in [0, 0.05) is 25.9 Å². The van der Waals surface area contributed by atoms with E-state index >= 15 is 0 Å². The predicted octanol–water partition coefficient (Wildman–Crippen LogP) is 2.41. The van der Waals surface area contributed by atoms with Crippen LogP contribution in [0.4, 0.5) is 0 Å². The molecule has 1 aromatic carbocycles. The molecule has 0 aliphatic carbocycles. The fourth-order valence-electron chi connectivity index (χ4n) is 3.06. The number of hydrogen-bond acceptors (Lipinski definition) is 3. The van der Waals surface area contributed by atoms with Gasteiger partial charge in [-0.3, -0.25) is 14.2 Å². The topological polar surface area (TPSA) is 57.1 Å². The zero-order chi connectivity index (χ0) is 16.8. The van der Waals surface area contributed by atoms with Gasteiger partial charge in [-0.15, -0.1) is 0 Å². The van der Waals surface area contributed by atoms with Gasteiger partial charge < -0.3 is 0 Å². The first-order chi connectivity index (χ1) is 11.6. The predicted molar refractivity (Wildman–Crippen MR) is 92.8 cm³/mol. The van der Waals surface area contributed by atoms with E-state index in [2.05, 4.69) is 10.1 Å². The van der Waals surface area contributed by atoms with Gasteiger partial charge in [0.1, 0.15) is 6.33 Å². The summed E-state index contributed by atoms with van der Waals surface area (Å²) in [6.07, 6.45) is 3.42. The minimum atomic E-state index is -0.0169. The lowest BCUT2D eigenvalue weighted by Crippen LogP contribution is -2.17. The molecule has 6 nitrogen and oxygen atoms in total. The zero-order valence-electron chi connectivity index (χ0n) is 13.8. The van der Waals surface area contributed by atoms with Gasteiger partial charge in [0.15, 0.2) is 5.65 Å². The molecule has 3 aromatic heterocycles. The molecule has 6 heteroatoms. The van der Waals surface area contributed by atoms with E-state index in [1.807, 2.05) is 61.2 Å². The average Bonchev–Trinajstić information content (AvgIpc) is 3.12. The van der Waals surface area contributed by atoms with Gasteiger partial charge in [0.05, 0.1) is 11.3 Å². The number of rotatable bonds is 2. The Hall–Kier alpha value is -3.15. The first kappa shape index (κ1) is 14.4. The number of hydrogen-bond donors (Lipinski definition) is 0. The van der Waals surface area contributed by atoms with E-state index in [9.17, 15) is 4.79 Å². The second-order valence-corrected chi connectivity index (χ2v) is 5.93. The first-order valence-corrected chi connectivity index (χ1v) is 7.69. The molecular weight excluding hydrogens is 302 g/mol. The molecule has 0 fully saturated rings. The smallest absolute Gasteiger partial charge is 0.274 e. The summed E-state index contributed by atoms with van der Waals surface area (Å²) in [5.41, 5.74) is 5.29. The largest absolute Gasteiger partial charge is 0.285 e. The van der Waals surface area contributed by atoms with E-state index in [-0.39, 0.29) is 5.56 Å². The zero-order valence-corrected chi connectivity index (χ0v) is 13.8. The van der Waals surface area contributed by atoms with Crippen LogP contribution in [0.25, 0.3) is 28.0 Å². The molecule has 0 N–H and O–H groups in total. The van der Waals surface area contributed by atoms with Crippen molar-refractivity contribution in [3.05, 3.63) is 64.8 Å². The number of fused-ring (bicyclic) bond motifs is 1. The lowest BCUT2D eigenvalue weighted by atomic mass is 10.0. The second-order valence-electron chi connectivity index (χ2n) is 5.93. The summed E-state index contributed by atoms with van der Waals surface area (Å²) in [5.74, 6) is 0. The summed E-state index contributed by atoms with van der Waals surface area (Å²) in [5, 5.41) is 4.19. The lowest BCUT2D eigenvalue weighted by molar-refractivity contribution is 0.584. The Bertz CT molecular complexity index is 1120. The van der Waals surface area contributed by atoms with Gasteiger partial charge in [-0.25, -0.2) is 9.50 Å². The molecule has 4 aromatic rings. The number of aryl methyl sites for hydroxylation is 1. The van der Waals surface area contributed by atoms with Gasteiger partial charge in [0.25, 0.3) is 5.56 Å². The lowest BCUT2D eigenvalue weighted by Gasteiger charge is -2.08. The molecule has 0 amide bonds. The van der Waals surface area contributed by atoms with Crippen LogP contribution >= 0.6 is 0 Å². The highest BCUT2D eigenvalue weighted by Crippen LogP contribution is 2.30. The quantitative estimate of drug-likeness (QED) is 0.570. The van der Waals surface area contributed by atoms with E-state index < -0.39 is 0 Å². The van der Waals surface area contributed by atoms with E-state index in [0.29, 0.717) is 5.56 Å². The van der Waals surface area contributed by atoms with Crippen LogP contribution in [0, 0.1) is 6.92 Å². The van der Waals surface area contributed by atoms with E-state index in [0.717, 1.165) is 28.0 Å². The van der Waals surface area contributed by atoms with Gasteiger partial charge >= 0.3 is 0 Å². The molecule has 0 aliphatic heterocycles. The Morgan fingerprint density at radius 2 is 1.83 bits per heavy atom. The summed E-state index contributed by atoms with van der Waals surface area (Å²) < 4.78 is 5.21. The van der Waals surface area contributed by atoms with Crippen LogP contribution in [0.5, 0.6) is 0 Å². The molecule has 0 bridgehead atoms. The van der Waals surface area contributed by atoms with Crippen molar-refractivity contribution in [1.29, 1.82) is 0 Å². The number of nitrogens with zero attached hydrogens (tertiary/aromatic N) is 5. The molecule has 120 valence electrons. The van der Waals surface area contributed by atoms with Crippen LogP contribution in [-0.2, 0) is 14.1 Å². The molecule has 4 rings (SSSR count). The van der Waals surface area contributed by atoms with Crippen molar-refractivity contribution in [2.24, 2.45) is 14.1 Å². The van der Waals surface area contributed by atoms with Crippen molar-refractivity contribution in [1.82, 2.24) is 24.0 Å². The van der Waals surface area contributed by atoms with Crippen LogP contribution in [0.3, 0.4) is 0 Å². The highest BCUT2D eigenvalue weighted by molar-refractivity contribution is 5.81. The van der Waals surface area contributed by atoms with Gasteiger partial charge in [0.2, 0.25) is 0 Å². The van der Waals surface area contributed by atoms with Crippen molar-refractivity contribution in [3.63, 3.8) is 0 Å². The normalized spacial score (nSPS) is 11.3. The van der Waals surface area contributed by atoms with Crippen molar-refractivity contribution < 1.29 is 0 Å². The van der Waals surface area contributed by atoms with E-state index in [1.54, 1.807) is 16.2 Å². The van der Waals surface area contributed by atoms with Crippen LogP contribution in [0.1, 0.15) is 5.56 Å². The summed E-state index contributed by atoms with van der Waals surface area (Å²) in [6, 6.07) is 11.9. The van der Waals surface area contributed by atoms with Gasteiger partial charge in [-0.1, -0.05) is 29.8 Å². The maximum atomic E-state index is 12.8. The molecule has 3 heterocycles. The molecule has 0 aliphatic rings. The maximum absolute atomic E-state index is 12.8. The molecule has 0 atom stereocenters. The number of benzene rings is 1. The summed E-state index contributed by atoms with van der Waals surface area (Å²) >= 11 is 0. The standard InChI is InChI=1S/C18H17N5O/c1-12-5-4-6-13(9-12)16-17(21(2)22(3)18(16)24)14-7-8-15-19-11-20-23(15)10-14/h4-11H,1-3H3. The minimum Gasteiger partial charge on any atom is -0.285 e. The van der Waals surface area contributed by atoms with Crippen molar-refractivity contribution in [3.8, 4) is 22.4 Å². The maximum Gasteiger partial charge on any atom is 0.274 e. The third-order valence-electron chi connectivity index (χ3n) is 4.37. The average molecular weight is 319 g/mol.